The lowest BCUT2D eigenvalue weighted by atomic mass is 10.1. The molecular weight excluding hydrogens is 354 g/mol. The van der Waals surface area contributed by atoms with Crippen LogP contribution in [0.2, 0.25) is 0 Å². The van der Waals surface area contributed by atoms with E-state index < -0.39 is 35.8 Å². The lowest BCUT2D eigenvalue weighted by molar-refractivity contribution is -0.142. The predicted octanol–water partition coefficient (Wildman–Crippen LogP) is 3.71. The second kappa shape index (κ2) is 8.18. The van der Waals surface area contributed by atoms with Gasteiger partial charge in [0.15, 0.2) is 6.61 Å². The summed E-state index contributed by atoms with van der Waals surface area (Å²) >= 11 is 0. The average molecular weight is 368 g/mol. The number of amides is 1. The molecular formula is C20H14F2N2O3. The van der Waals surface area contributed by atoms with Crippen molar-refractivity contribution >= 4 is 34.5 Å². The summed E-state index contributed by atoms with van der Waals surface area (Å²) in [4.78, 5) is 27.8. The first-order valence-corrected chi connectivity index (χ1v) is 7.97. The van der Waals surface area contributed by atoms with Crippen molar-refractivity contribution in [1.29, 1.82) is 0 Å². The first-order valence-electron chi connectivity index (χ1n) is 7.97. The van der Waals surface area contributed by atoms with Crippen molar-refractivity contribution in [2.75, 3.05) is 11.9 Å². The van der Waals surface area contributed by atoms with E-state index in [0.29, 0.717) is 5.56 Å². The molecule has 7 heteroatoms. The fourth-order valence-corrected chi connectivity index (χ4v) is 2.40. The minimum absolute atomic E-state index is 0.587. The van der Waals surface area contributed by atoms with Gasteiger partial charge in [-0.15, -0.1) is 0 Å². The summed E-state index contributed by atoms with van der Waals surface area (Å²) in [6.45, 7) is -0.676. The largest absolute Gasteiger partial charge is 0.452 e. The molecule has 0 aliphatic heterocycles. The van der Waals surface area contributed by atoms with Gasteiger partial charge in [0.25, 0.3) is 5.91 Å². The number of anilines is 1. The van der Waals surface area contributed by atoms with Crippen LogP contribution in [0.4, 0.5) is 14.5 Å². The summed E-state index contributed by atoms with van der Waals surface area (Å²) in [5.74, 6) is -3.46. The quantitative estimate of drug-likeness (QED) is 0.551. The van der Waals surface area contributed by atoms with Crippen LogP contribution in [0.1, 0.15) is 5.56 Å². The number of aromatic nitrogens is 1. The van der Waals surface area contributed by atoms with Crippen LogP contribution in [0.15, 0.2) is 60.8 Å². The van der Waals surface area contributed by atoms with Gasteiger partial charge >= 0.3 is 5.97 Å². The molecule has 1 aromatic heterocycles. The molecule has 1 heterocycles. The van der Waals surface area contributed by atoms with E-state index in [9.17, 15) is 18.4 Å². The summed E-state index contributed by atoms with van der Waals surface area (Å²) in [5.41, 5.74) is 0.843. The first-order chi connectivity index (χ1) is 13.0. The number of hydrogen-bond acceptors (Lipinski definition) is 4. The highest BCUT2D eigenvalue weighted by Crippen LogP contribution is 2.18. The van der Waals surface area contributed by atoms with Crippen LogP contribution in [0.5, 0.6) is 0 Å². The minimum atomic E-state index is -0.918. The maximum absolute atomic E-state index is 13.5. The van der Waals surface area contributed by atoms with E-state index in [2.05, 4.69) is 4.98 Å². The van der Waals surface area contributed by atoms with E-state index in [4.69, 9.17) is 4.74 Å². The molecule has 136 valence electrons. The minimum Gasteiger partial charge on any atom is -0.452 e. The first kappa shape index (κ1) is 18.2. The van der Waals surface area contributed by atoms with Gasteiger partial charge in [0.1, 0.15) is 17.3 Å². The molecule has 3 rings (SSSR count). The maximum atomic E-state index is 13.5. The van der Waals surface area contributed by atoms with Gasteiger partial charge in [0.2, 0.25) is 0 Å². The van der Waals surface area contributed by atoms with Crippen molar-refractivity contribution in [1.82, 2.24) is 4.98 Å². The SMILES string of the molecule is O=C(COC(=O)/C=C/c1cccc2cccnc12)Nc1c(F)cccc1F. The molecule has 0 spiro atoms. The predicted molar refractivity (Wildman–Crippen MR) is 96.7 cm³/mol. The number of halogens is 2. The van der Waals surface area contributed by atoms with Gasteiger partial charge in [-0.2, -0.15) is 0 Å². The second-order valence-electron chi connectivity index (χ2n) is 5.51. The van der Waals surface area contributed by atoms with E-state index in [1.807, 2.05) is 23.5 Å². The number of pyridine rings is 1. The molecule has 0 atom stereocenters. The number of fused-ring (bicyclic) bond motifs is 1. The third-order valence-electron chi connectivity index (χ3n) is 3.64. The highest BCUT2D eigenvalue weighted by atomic mass is 19.1. The van der Waals surface area contributed by atoms with Crippen LogP contribution < -0.4 is 5.32 Å². The zero-order valence-electron chi connectivity index (χ0n) is 14.0. The molecule has 0 unspecified atom stereocenters. The fourth-order valence-electron chi connectivity index (χ4n) is 2.40. The Morgan fingerprint density at radius 2 is 1.74 bits per heavy atom. The van der Waals surface area contributed by atoms with Gasteiger partial charge in [-0.3, -0.25) is 9.78 Å². The third kappa shape index (κ3) is 4.52. The lowest BCUT2D eigenvalue weighted by Gasteiger charge is -2.07. The Morgan fingerprint density at radius 1 is 1.04 bits per heavy atom. The van der Waals surface area contributed by atoms with E-state index in [1.165, 1.54) is 12.1 Å². The van der Waals surface area contributed by atoms with Crippen molar-refractivity contribution in [2.45, 2.75) is 0 Å². The van der Waals surface area contributed by atoms with Crippen LogP contribution in [0, 0.1) is 11.6 Å². The van der Waals surface area contributed by atoms with Crippen LogP contribution in [0.3, 0.4) is 0 Å². The van der Waals surface area contributed by atoms with Crippen LogP contribution in [0.25, 0.3) is 17.0 Å². The number of benzene rings is 2. The molecule has 5 nitrogen and oxygen atoms in total. The Hall–Kier alpha value is -3.61. The third-order valence-corrected chi connectivity index (χ3v) is 3.64. The van der Waals surface area contributed by atoms with E-state index in [-0.39, 0.29) is 0 Å². The number of nitrogens with one attached hydrogen (secondary N) is 1. The van der Waals surface area contributed by atoms with E-state index >= 15 is 0 Å². The Balaban J connectivity index is 1.59. The standard InChI is InChI=1S/C20H14F2N2O3/c21-15-7-2-8-16(22)20(15)24-17(25)12-27-18(26)10-9-14-5-1-4-13-6-3-11-23-19(13)14/h1-11H,12H2,(H,24,25)/b10-9+. The molecule has 2 aromatic carbocycles. The van der Waals surface area contributed by atoms with Gasteiger partial charge in [-0.1, -0.05) is 30.3 Å². The number of nitrogens with zero attached hydrogens (tertiary/aromatic N) is 1. The Bertz CT molecular complexity index is 1010. The monoisotopic (exact) mass is 368 g/mol. The topological polar surface area (TPSA) is 68.3 Å². The molecule has 0 aliphatic rings. The van der Waals surface area contributed by atoms with Crippen LogP contribution >= 0.6 is 0 Å². The number of rotatable bonds is 5. The average Bonchev–Trinajstić information content (AvgIpc) is 2.67. The van der Waals surface area contributed by atoms with Crippen LogP contribution in [-0.2, 0) is 14.3 Å². The second-order valence-corrected chi connectivity index (χ2v) is 5.51. The zero-order chi connectivity index (χ0) is 19.2. The number of ether oxygens (including phenoxy) is 1. The molecule has 0 bridgehead atoms. The Labute approximate surface area is 153 Å². The zero-order valence-corrected chi connectivity index (χ0v) is 14.0. The summed E-state index contributed by atoms with van der Waals surface area (Å²) in [7, 11) is 0. The number of esters is 1. The van der Waals surface area contributed by atoms with Gasteiger partial charge in [0.05, 0.1) is 5.52 Å². The lowest BCUT2D eigenvalue weighted by Crippen LogP contribution is -2.21. The maximum Gasteiger partial charge on any atom is 0.331 e. The smallest absolute Gasteiger partial charge is 0.331 e. The molecule has 3 aromatic rings. The van der Waals surface area contributed by atoms with E-state index in [1.54, 1.807) is 18.3 Å². The highest BCUT2D eigenvalue weighted by Gasteiger charge is 2.13. The van der Waals surface area contributed by atoms with Gasteiger partial charge < -0.3 is 10.1 Å². The molecule has 0 aliphatic carbocycles. The summed E-state index contributed by atoms with van der Waals surface area (Å²) in [6, 6.07) is 12.4. The summed E-state index contributed by atoms with van der Waals surface area (Å²) in [6.07, 6.45) is 4.32. The number of hydrogen-bond donors (Lipinski definition) is 1. The fraction of sp³-hybridized carbons (Fsp3) is 0.0500. The van der Waals surface area contributed by atoms with Crippen molar-refractivity contribution in [2.24, 2.45) is 0 Å². The molecule has 1 amide bonds. The summed E-state index contributed by atoms with van der Waals surface area (Å²) < 4.78 is 31.7. The molecule has 0 fully saturated rings. The molecule has 0 radical (unpaired) electrons. The van der Waals surface area contributed by atoms with Gasteiger partial charge in [0, 0.05) is 23.2 Å². The Morgan fingerprint density at radius 3 is 2.52 bits per heavy atom. The normalized spacial score (nSPS) is 10.9. The van der Waals surface area contributed by atoms with Crippen LogP contribution in [-0.4, -0.2) is 23.5 Å². The molecule has 27 heavy (non-hydrogen) atoms. The van der Waals surface area contributed by atoms with Gasteiger partial charge in [-0.05, 0) is 24.3 Å². The van der Waals surface area contributed by atoms with Crippen molar-refractivity contribution in [3.05, 3.63) is 78.0 Å². The number of carbonyl (C=O) groups excluding carboxylic acids is 2. The van der Waals surface area contributed by atoms with Gasteiger partial charge in [-0.25, -0.2) is 13.6 Å². The summed E-state index contributed by atoms with van der Waals surface area (Å²) in [5, 5.41) is 2.95. The van der Waals surface area contributed by atoms with Crippen molar-refractivity contribution in [3.63, 3.8) is 0 Å². The van der Waals surface area contributed by atoms with Crippen molar-refractivity contribution < 1.29 is 23.1 Å². The van der Waals surface area contributed by atoms with E-state index in [0.717, 1.165) is 29.1 Å². The number of para-hydroxylation sites is 2. The molecule has 0 saturated carbocycles. The molecule has 0 saturated heterocycles. The number of carbonyl (C=O) groups is 2. The van der Waals surface area contributed by atoms with Crippen molar-refractivity contribution in [3.8, 4) is 0 Å². The highest BCUT2D eigenvalue weighted by molar-refractivity contribution is 5.96. The Kier molecular flexibility index (Phi) is 5.51. The molecule has 1 N–H and O–H groups in total.